The molecule has 2 bridgehead atoms. The second-order valence-corrected chi connectivity index (χ2v) is 11.5. The molecule has 4 rings (SSSR count). The van der Waals surface area contributed by atoms with Crippen molar-refractivity contribution in [2.24, 2.45) is 15.9 Å². The molecule has 9 nitrogen and oxygen atoms in total. The molecule has 10 heteroatoms. The third kappa shape index (κ3) is 4.08. The molecule has 0 radical (unpaired) electrons. The Hall–Kier alpha value is -2.98. The number of nitrogens with zero attached hydrogens (tertiary/aromatic N) is 3. The normalized spacial score (nSPS) is 24.3. The fraction of sp³-hybridized carbons (Fsp3) is 0.435. The minimum atomic E-state index is -3.97. The number of ether oxygens (including phenoxy) is 1. The lowest BCUT2D eigenvalue weighted by Crippen LogP contribution is -2.46. The number of piperidine rings is 1. The zero-order valence-electron chi connectivity index (χ0n) is 19.1. The van der Waals surface area contributed by atoms with E-state index in [9.17, 15) is 18.5 Å². The molecule has 176 valence electrons. The molecule has 2 aliphatic rings. The molecule has 1 heterocycles. The minimum absolute atomic E-state index is 0.0378. The predicted molar refractivity (Wildman–Crippen MR) is 126 cm³/mol. The van der Waals surface area contributed by atoms with Crippen LogP contribution in [0.15, 0.2) is 52.5 Å². The summed E-state index contributed by atoms with van der Waals surface area (Å²) in [4.78, 5) is 10.6. The monoisotopic (exact) mass is 472 g/mol. The van der Waals surface area contributed by atoms with Gasteiger partial charge in [0.05, 0.1) is 23.9 Å². The molecule has 1 aliphatic heterocycles. The molecule has 0 spiro atoms. The van der Waals surface area contributed by atoms with E-state index >= 15 is 0 Å². The van der Waals surface area contributed by atoms with Crippen molar-refractivity contribution >= 4 is 27.6 Å². The van der Waals surface area contributed by atoms with Crippen LogP contribution in [0.25, 0.3) is 0 Å². The zero-order valence-corrected chi connectivity index (χ0v) is 19.9. The summed E-state index contributed by atoms with van der Waals surface area (Å²) in [6.45, 7) is 6.86. The number of methoxy groups -OCH3 is 1. The Balaban J connectivity index is 1.64. The van der Waals surface area contributed by atoms with E-state index < -0.39 is 14.9 Å². The minimum Gasteiger partial charge on any atom is -0.497 e. The van der Waals surface area contributed by atoms with Crippen LogP contribution in [0.3, 0.4) is 0 Å². The molecule has 2 atom stereocenters. The first kappa shape index (κ1) is 23.2. The van der Waals surface area contributed by atoms with Crippen LogP contribution in [0, 0.1) is 20.9 Å². The lowest BCUT2D eigenvalue weighted by atomic mass is 9.69. The van der Waals surface area contributed by atoms with E-state index in [-0.39, 0.29) is 33.1 Å². The Morgan fingerprint density at radius 2 is 1.88 bits per heavy atom. The van der Waals surface area contributed by atoms with Gasteiger partial charge in [0.25, 0.3) is 5.69 Å². The second kappa shape index (κ2) is 8.11. The summed E-state index contributed by atoms with van der Waals surface area (Å²) < 4.78 is 34.0. The van der Waals surface area contributed by atoms with E-state index in [2.05, 4.69) is 31.3 Å². The smallest absolute Gasteiger partial charge is 0.270 e. The van der Waals surface area contributed by atoms with Crippen molar-refractivity contribution in [1.82, 2.24) is 4.31 Å². The fourth-order valence-electron chi connectivity index (χ4n) is 4.86. The molecule has 2 aromatic rings. The molecule has 1 aliphatic carbocycles. The van der Waals surface area contributed by atoms with E-state index in [1.807, 2.05) is 0 Å². The summed E-state index contributed by atoms with van der Waals surface area (Å²) in [7, 11) is -2.39. The molecule has 1 N–H and O–H groups in total. The summed E-state index contributed by atoms with van der Waals surface area (Å²) in [5.74, 6) is 0.709. The van der Waals surface area contributed by atoms with Gasteiger partial charge in [-0.1, -0.05) is 20.8 Å². The van der Waals surface area contributed by atoms with E-state index in [0.717, 1.165) is 24.5 Å². The largest absolute Gasteiger partial charge is 0.497 e. The average Bonchev–Trinajstić information content (AvgIpc) is 3.23. The van der Waals surface area contributed by atoms with Crippen molar-refractivity contribution in [3.8, 4) is 5.75 Å². The maximum Gasteiger partial charge on any atom is 0.270 e. The number of sulfonamides is 1. The van der Waals surface area contributed by atoms with Gasteiger partial charge in [-0.15, -0.1) is 0 Å². The number of fused-ring (bicyclic) bond motifs is 2. The van der Waals surface area contributed by atoms with Crippen molar-refractivity contribution < 1.29 is 18.1 Å². The quantitative estimate of drug-likeness (QED) is 0.366. The highest BCUT2D eigenvalue weighted by Crippen LogP contribution is 2.60. The SMILES string of the molecule is COc1ccc(/C=N\Nc2ccc([N+](=O)[O-])cc2S(=O)(=O)N2C[C@@]3(C)C[C@H]2CC3(C)C)cc1. The maximum absolute atomic E-state index is 13.7. The van der Waals surface area contributed by atoms with Gasteiger partial charge >= 0.3 is 0 Å². The standard InChI is InChI=1S/C23H28N4O5S/c1-22(2)12-18-13-23(22,3)15-26(18)33(30,31)21-11-17(27(28)29)7-10-20(21)25-24-14-16-5-8-19(32-4)9-6-16/h5-11,14,18,25H,12-13,15H2,1-4H3/b24-14-/t18-,23-/m1/s1. The molecule has 2 fully saturated rings. The number of nitrogens with one attached hydrogen (secondary N) is 1. The maximum atomic E-state index is 13.7. The predicted octanol–water partition coefficient (Wildman–Crippen LogP) is 4.25. The number of hydrazone groups is 1. The van der Waals surface area contributed by atoms with Crippen LogP contribution in [-0.4, -0.2) is 43.6 Å². The fourth-order valence-corrected chi connectivity index (χ4v) is 6.77. The molecule has 0 aromatic heterocycles. The lowest BCUT2D eigenvalue weighted by Gasteiger charge is -2.42. The molecule has 1 saturated heterocycles. The summed E-state index contributed by atoms with van der Waals surface area (Å²) in [6.07, 6.45) is 3.08. The molecule has 33 heavy (non-hydrogen) atoms. The van der Waals surface area contributed by atoms with Gasteiger partial charge in [0, 0.05) is 24.7 Å². The van der Waals surface area contributed by atoms with Crippen molar-refractivity contribution in [2.45, 2.75) is 44.6 Å². The van der Waals surface area contributed by atoms with Gasteiger partial charge < -0.3 is 4.74 Å². The van der Waals surface area contributed by atoms with Crippen LogP contribution < -0.4 is 10.2 Å². The van der Waals surface area contributed by atoms with Gasteiger partial charge in [0.1, 0.15) is 10.6 Å². The highest BCUT2D eigenvalue weighted by Gasteiger charge is 2.60. The average molecular weight is 473 g/mol. The zero-order chi connectivity index (χ0) is 24.0. The van der Waals surface area contributed by atoms with Crippen molar-refractivity contribution in [3.05, 3.63) is 58.1 Å². The third-order valence-electron chi connectivity index (χ3n) is 7.26. The Morgan fingerprint density at radius 3 is 2.42 bits per heavy atom. The molecule has 0 unspecified atom stereocenters. The summed E-state index contributed by atoms with van der Waals surface area (Å²) >= 11 is 0. The molecule has 2 aromatic carbocycles. The van der Waals surface area contributed by atoms with Gasteiger partial charge in [-0.2, -0.15) is 9.41 Å². The highest BCUT2D eigenvalue weighted by molar-refractivity contribution is 7.89. The van der Waals surface area contributed by atoms with E-state index in [4.69, 9.17) is 4.74 Å². The van der Waals surface area contributed by atoms with Crippen LogP contribution in [0.2, 0.25) is 0 Å². The first-order valence-corrected chi connectivity index (χ1v) is 12.1. The number of benzene rings is 2. The Bertz CT molecular complexity index is 1210. The van der Waals surface area contributed by atoms with Crippen LogP contribution in [0.4, 0.5) is 11.4 Å². The molecular weight excluding hydrogens is 444 g/mol. The van der Waals surface area contributed by atoms with Crippen LogP contribution in [0.1, 0.15) is 39.2 Å². The van der Waals surface area contributed by atoms with E-state index in [0.29, 0.717) is 12.3 Å². The van der Waals surface area contributed by atoms with Crippen molar-refractivity contribution in [2.75, 3.05) is 19.1 Å². The van der Waals surface area contributed by atoms with Gasteiger partial charge in [0.15, 0.2) is 0 Å². The molecular formula is C23H28N4O5S. The Morgan fingerprint density at radius 1 is 1.18 bits per heavy atom. The summed E-state index contributed by atoms with van der Waals surface area (Å²) in [5.41, 5.74) is 3.36. The molecule has 0 amide bonds. The van der Waals surface area contributed by atoms with Gasteiger partial charge in [-0.25, -0.2) is 8.42 Å². The van der Waals surface area contributed by atoms with Crippen molar-refractivity contribution in [1.29, 1.82) is 0 Å². The van der Waals surface area contributed by atoms with E-state index in [1.165, 1.54) is 16.4 Å². The number of hydrogen-bond acceptors (Lipinski definition) is 7. The number of rotatable bonds is 7. The third-order valence-corrected chi connectivity index (χ3v) is 9.19. The molecule has 1 saturated carbocycles. The highest BCUT2D eigenvalue weighted by atomic mass is 32.2. The second-order valence-electron chi connectivity index (χ2n) is 9.64. The Labute approximate surface area is 193 Å². The van der Waals surface area contributed by atoms with Gasteiger partial charge in [-0.3, -0.25) is 15.5 Å². The Kier molecular flexibility index (Phi) is 5.69. The van der Waals surface area contributed by atoms with Crippen molar-refractivity contribution in [3.63, 3.8) is 0 Å². The lowest BCUT2D eigenvalue weighted by molar-refractivity contribution is -0.385. The van der Waals surface area contributed by atoms with Crippen LogP contribution in [-0.2, 0) is 10.0 Å². The number of non-ortho nitro benzene ring substituents is 1. The topological polar surface area (TPSA) is 114 Å². The van der Waals surface area contributed by atoms with E-state index in [1.54, 1.807) is 37.6 Å². The number of nitro benzene ring substituents is 1. The number of anilines is 1. The van der Waals surface area contributed by atoms with Crippen LogP contribution in [0.5, 0.6) is 5.75 Å². The summed E-state index contributed by atoms with van der Waals surface area (Å²) in [5, 5.41) is 15.5. The van der Waals surface area contributed by atoms with Crippen LogP contribution >= 0.6 is 0 Å². The first-order valence-electron chi connectivity index (χ1n) is 10.7. The number of hydrogen-bond donors (Lipinski definition) is 1. The van der Waals surface area contributed by atoms with Gasteiger partial charge in [-0.05, 0) is 59.6 Å². The summed E-state index contributed by atoms with van der Waals surface area (Å²) in [6, 6.07) is 10.8. The number of nitro groups is 1. The van der Waals surface area contributed by atoms with Gasteiger partial charge in [0.2, 0.25) is 10.0 Å². The first-order chi connectivity index (χ1) is 15.5.